The van der Waals surface area contributed by atoms with E-state index >= 15 is 0 Å². The molecule has 1 unspecified atom stereocenters. The van der Waals surface area contributed by atoms with Gasteiger partial charge in [-0.3, -0.25) is 0 Å². The third kappa shape index (κ3) is 2.39. The van der Waals surface area contributed by atoms with Crippen LogP contribution in [0.25, 0.3) is 0 Å². The quantitative estimate of drug-likeness (QED) is 0.713. The first-order chi connectivity index (χ1) is 6.45. The fraction of sp³-hybridized carbons (Fsp3) is 0.556. The van der Waals surface area contributed by atoms with Crippen molar-refractivity contribution in [2.75, 3.05) is 18.4 Å². The third-order valence-electron chi connectivity index (χ3n) is 2.27. The minimum absolute atomic E-state index is 0.606. The van der Waals surface area contributed by atoms with E-state index in [1.165, 1.54) is 12.8 Å². The van der Waals surface area contributed by atoms with E-state index in [0.717, 1.165) is 18.9 Å². The zero-order valence-electron chi connectivity index (χ0n) is 7.53. The molecule has 1 aliphatic rings. The number of rotatable bonds is 3. The Morgan fingerprint density at radius 3 is 3.31 bits per heavy atom. The molecule has 0 saturated carbocycles. The van der Waals surface area contributed by atoms with Crippen LogP contribution in [-0.4, -0.2) is 29.1 Å². The van der Waals surface area contributed by atoms with E-state index in [1.54, 1.807) is 12.5 Å². The standard InChI is InChI=1S/C9H14N4/c1-2-8(11-4-1)6-12-9-3-5-10-7-13-9/h3,5,7-8,11H,1-2,4,6H2,(H,10,12,13). The van der Waals surface area contributed by atoms with Crippen LogP contribution >= 0.6 is 0 Å². The smallest absolute Gasteiger partial charge is 0.129 e. The molecule has 1 atom stereocenters. The molecule has 4 heteroatoms. The van der Waals surface area contributed by atoms with Crippen LogP contribution in [0.5, 0.6) is 0 Å². The maximum absolute atomic E-state index is 4.09. The van der Waals surface area contributed by atoms with Crippen molar-refractivity contribution in [3.63, 3.8) is 0 Å². The molecule has 1 fully saturated rings. The minimum atomic E-state index is 0.606. The lowest BCUT2D eigenvalue weighted by molar-refractivity contribution is 0.632. The molecular formula is C9H14N4. The molecule has 0 aromatic carbocycles. The first-order valence-electron chi connectivity index (χ1n) is 4.68. The number of hydrogen-bond donors (Lipinski definition) is 2. The number of anilines is 1. The van der Waals surface area contributed by atoms with Gasteiger partial charge in [0.2, 0.25) is 0 Å². The van der Waals surface area contributed by atoms with Gasteiger partial charge in [0, 0.05) is 18.8 Å². The van der Waals surface area contributed by atoms with Gasteiger partial charge in [-0.25, -0.2) is 9.97 Å². The van der Waals surface area contributed by atoms with Crippen molar-refractivity contribution in [2.45, 2.75) is 18.9 Å². The summed E-state index contributed by atoms with van der Waals surface area (Å²) in [7, 11) is 0. The second-order valence-electron chi connectivity index (χ2n) is 3.27. The van der Waals surface area contributed by atoms with Gasteiger partial charge >= 0.3 is 0 Å². The zero-order valence-corrected chi connectivity index (χ0v) is 7.53. The van der Waals surface area contributed by atoms with Crippen LogP contribution in [0.4, 0.5) is 5.82 Å². The van der Waals surface area contributed by atoms with Crippen molar-refractivity contribution in [2.24, 2.45) is 0 Å². The van der Waals surface area contributed by atoms with Crippen molar-refractivity contribution in [3.8, 4) is 0 Å². The molecule has 13 heavy (non-hydrogen) atoms. The predicted octanol–water partition coefficient (Wildman–Crippen LogP) is 0.640. The first kappa shape index (κ1) is 8.44. The highest BCUT2D eigenvalue weighted by atomic mass is 15.1. The molecule has 1 aliphatic heterocycles. The van der Waals surface area contributed by atoms with Crippen LogP contribution < -0.4 is 10.6 Å². The second-order valence-corrected chi connectivity index (χ2v) is 3.27. The lowest BCUT2D eigenvalue weighted by atomic mass is 10.2. The van der Waals surface area contributed by atoms with Crippen molar-refractivity contribution < 1.29 is 0 Å². The maximum atomic E-state index is 4.09. The Kier molecular flexibility index (Phi) is 2.72. The Hall–Kier alpha value is -1.16. The maximum Gasteiger partial charge on any atom is 0.129 e. The molecule has 0 bridgehead atoms. The van der Waals surface area contributed by atoms with E-state index in [0.29, 0.717) is 6.04 Å². The molecule has 2 heterocycles. The first-order valence-corrected chi connectivity index (χ1v) is 4.68. The molecule has 0 radical (unpaired) electrons. The Morgan fingerprint density at radius 1 is 1.62 bits per heavy atom. The van der Waals surface area contributed by atoms with Crippen LogP contribution in [0.15, 0.2) is 18.6 Å². The lowest BCUT2D eigenvalue weighted by Gasteiger charge is -2.11. The topological polar surface area (TPSA) is 49.8 Å². The Morgan fingerprint density at radius 2 is 2.62 bits per heavy atom. The molecule has 2 N–H and O–H groups in total. The summed E-state index contributed by atoms with van der Waals surface area (Å²) in [6, 6.07) is 2.49. The van der Waals surface area contributed by atoms with Crippen LogP contribution in [0, 0.1) is 0 Å². The average Bonchev–Trinajstić information content (AvgIpc) is 2.69. The normalized spacial score (nSPS) is 21.7. The van der Waals surface area contributed by atoms with Gasteiger partial charge in [0.25, 0.3) is 0 Å². The van der Waals surface area contributed by atoms with Gasteiger partial charge in [-0.15, -0.1) is 0 Å². The van der Waals surface area contributed by atoms with Gasteiger partial charge in [-0.05, 0) is 25.5 Å². The Bertz CT molecular complexity index is 243. The summed E-state index contributed by atoms with van der Waals surface area (Å²) < 4.78 is 0. The van der Waals surface area contributed by atoms with Gasteiger partial charge in [0.15, 0.2) is 0 Å². The Balaban J connectivity index is 1.79. The number of aromatic nitrogens is 2. The number of nitrogens with zero attached hydrogens (tertiary/aromatic N) is 2. The highest BCUT2D eigenvalue weighted by Gasteiger charge is 2.12. The fourth-order valence-electron chi connectivity index (χ4n) is 1.55. The van der Waals surface area contributed by atoms with Crippen molar-refractivity contribution in [1.82, 2.24) is 15.3 Å². The van der Waals surface area contributed by atoms with E-state index in [4.69, 9.17) is 0 Å². The fourth-order valence-corrected chi connectivity index (χ4v) is 1.55. The van der Waals surface area contributed by atoms with Crippen LogP contribution in [0.2, 0.25) is 0 Å². The third-order valence-corrected chi connectivity index (χ3v) is 2.27. The van der Waals surface area contributed by atoms with E-state index < -0.39 is 0 Å². The SMILES string of the molecule is c1cc(NCC2CCCN2)ncn1. The highest BCUT2D eigenvalue weighted by Crippen LogP contribution is 2.06. The lowest BCUT2D eigenvalue weighted by Crippen LogP contribution is -2.29. The molecular weight excluding hydrogens is 164 g/mol. The van der Waals surface area contributed by atoms with Crippen LogP contribution in [0.1, 0.15) is 12.8 Å². The molecule has 1 saturated heterocycles. The van der Waals surface area contributed by atoms with Crippen molar-refractivity contribution in [3.05, 3.63) is 18.6 Å². The van der Waals surface area contributed by atoms with Gasteiger partial charge in [-0.1, -0.05) is 0 Å². The summed E-state index contributed by atoms with van der Waals surface area (Å²) in [5, 5.41) is 6.69. The van der Waals surface area contributed by atoms with Crippen molar-refractivity contribution in [1.29, 1.82) is 0 Å². The monoisotopic (exact) mass is 178 g/mol. The largest absolute Gasteiger partial charge is 0.368 e. The molecule has 1 aromatic heterocycles. The number of hydrogen-bond acceptors (Lipinski definition) is 4. The Labute approximate surface area is 77.8 Å². The van der Waals surface area contributed by atoms with Gasteiger partial charge in [0.1, 0.15) is 12.1 Å². The van der Waals surface area contributed by atoms with E-state index in [9.17, 15) is 0 Å². The van der Waals surface area contributed by atoms with Gasteiger partial charge in [0.05, 0.1) is 0 Å². The average molecular weight is 178 g/mol. The summed E-state index contributed by atoms with van der Waals surface area (Å²) in [5.41, 5.74) is 0. The predicted molar refractivity (Wildman–Crippen MR) is 51.5 cm³/mol. The summed E-state index contributed by atoms with van der Waals surface area (Å²) >= 11 is 0. The van der Waals surface area contributed by atoms with E-state index in [2.05, 4.69) is 20.6 Å². The summed E-state index contributed by atoms with van der Waals surface area (Å²) in [5.74, 6) is 0.906. The molecule has 2 rings (SSSR count). The molecule has 0 amide bonds. The minimum Gasteiger partial charge on any atom is -0.368 e. The molecule has 0 aliphatic carbocycles. The van der Waals surface area contributed by atoms with Gasteiger partial charge < -0.3 is 10.6 Å². The second kappa shape index (κ2) is 4.18. The van der Waals surface area contributed by atoms with E-state index in [-0.39, 0.29) is 0 Å². The van der Waals surface area contributed by atoms with Crippen LogP contribution in [-0.2, 0) is 0 Å². The summed E-state index contributed by atoms with van der Waals surface area (Å²) in [4.78, 5) is 7.95. The van der Waals surface area contributed by atoms with E-state index in [1.807, 2.05) is 6.07 Å². The summed E-state index contributed by atoms with van der Waals surface area (Å²) in [6.45, 7) is 2.10. The highest BCUT2D eigenvalue weighted by molar-refractivity contribution is 5.31. The molecule has 1 aromatic rings. The number of nitrogens with one attached hydrogen (secondary N) is 2. The molecule has 70 valence electrons. The van der Waals surface area contributed by atoms with Gasteiger partial charge in [-0.2, -0.15) is 0 Å². The van der Waals surface area contributed by atoms with Crippen LogP contribution in [0.3, 0.4) is 0 Å². The molecule has 0 spiro atoms. The molecule has 4 nitrogen and oxygen atoms in total. The zero-order chi connectivity index (χ0) is 8.93. The van der Waals surface area contributed by atoms with Crippen molar-refractivity contribution >= 4 is 5.82 Å². The summed E-state index contributed by atoms with van der Waals surface area (Å²) in [6.07, 6.45) is 5.86.